The fourth-order valence-electron chi connectivity index (χ4n) is 2.49. The topological polar surface area (TPSA) is 49.8 Å². The molecular weight excluding hydrogens is 254 g/mol. The summed E-state index contributed by atoms with van der Waals surface area (Å²) in [7, 11) is 0. The summed E-state index contributed by atoms with van der Waals surface area (Å²) in [5.41, 5.74) is 1.96. The number of likely N-dealkylation sites (tertiary alicyclic amines) is 1. The van der Waals surface area contributed by atoms with Crippen molar-refractivity contribution in [2.24, 2.45) is 0 Å². The third kappa shape index (κ3) is 4.40. The first-order valence-electron chi connectivity index (χ1n) is 7.23. The van der Waals surface area contributed by atoms with E-state index >= 15 is 0 Å². The molecule has 20 heavy (non-hydrogen) atoms. The van der Waals surface area contributed by atoms with Crippen LogP contribution in [0.4, 0.5) is 0 Å². The van der Waals surface area contributed by atoms with Crippen LogP contribution in [0, 0.1) is 6.92 Å². The van der Waals surface area contributed by atoms with Gasteiger partial charge in [-0.3, -0.25) is 9.69 Å². The van der Waals surface area contributed by atoms with Crippen LogP contribution < -0.4 is 0 Å². The van der Waals surface area contributed by atoms with E-state index in [4.69, 9.17) is 9.84 Å². The van der Waals surface area contributed by atoms with Gasteiger partial charge in [0, 0.05) is 18.7 Å². The lowest BCUT2D eigenvalue weighted by Crippen LogP contribution is -2.40. The summed E-state index contributed by atoms with van der Waals surface area (Å²) in [5, 5.41) is 8.73. The number of hydrogen-bond donors (Lipinski definition) is 1. The molecule has 4 heteroatoms. The number of aryl methyl sites for hydroxylation is 1. The Bertz CT molecular complexity index is 422. The van der Waals surface area contributed by atoms with Gasteiger partial charge in [-0.15, -0.1) is 0 Å². The molecule has 1 fully saturated rings. The molecule has 1 heterocycles. The number of aliphatic hydroxyl groups excluding tert-OH is 1. The number of benzene rings is 1. The fraction of sp³-hybridized carbons (Fsp3) is 0.562. The van der Waals surface area contributed by atoms with Crippen LogP contribution in [-0.4, -0.2) is 54.7 Å². The van der Waals surface area contributed by atoms with Crippen molar-refractivity contribution < 1.29 is 14.6 Å². The van der Waals surface area contributed by atoms with Gasteiger partial charge in [-0.05, 0) is 19.8 Å². The Morgan fingerprint density at radius 1 is 1.30 bits per heavy atom. The largest absolute Gasteiger partial charge is 0.394 e. The van der Waals surface area contributed by atoms with E-state index in [9.17, 15) is 4.79 Å². The van der Waals surface area contributed by atoms with Crippen LogP contribution in [0.1, 0.15) is 28.8 Å². The van der Waals surface area contributed by atoms with Crippen molar-refractivity contribution in [2.75, 3.05) is 32.8 Å². The quantitative estimate of drug-likeness (QED) is 0.803. The predicted octanol–water partition coefficient (Wildman–Crippen LogP) is 1.65. The smallest absolute Gasteiger partial charge is 0.176 e. The molecule has 1 aliphatic heterocycles. The molecule has 0 bridgehead atoms. The number of ketones is 1. The number of piperidine rings is 1. The summed E-state index contributed by atoms with van der Waals surface area (Å²) in [6.45, 7) is 4.75. The molecule has 0 amide bonds. The SMILES string of the molecule is Cc1ccc(C(=O)CN2CCC(OCCO)CC2)cc1. The third-order valence-corrected chi connectivity index (χ3v) is 3.72. The Kier molecular flexibility index (Phi) is 5.71. The monoisotopic (exact) mass is 277 g/mol. The number of hydrogen-bond acceptors (Lipinski definition) is 4. The van der Waals surface area contributed by atoms with Crippen LogP contribution in [0.15, 0.2) is 24.3 Å². The lowest BCUT2D eigenvalue weighted by Gasteiger charge is -2.31. The average Bonchev–Trinajstić information content (AvgIpc) is 2.47. The maximum Gasteiger partial charge on any atom is 0.176 e. The minimum absolute atomic E-state index is 0.0755. The lowest BCUT2D eigenvalue weighted by molar-refractivity contribution is -0.00689. The highest BCUT2D eigenvalue weighted by atomic mass is 16.5. The maximum absolute atomic E-state index is 12.2. The molecule has 1 N–H and O–H groups in total. The van der Waals surface area contributed by atoms with Crippen molar-refractivity contribution in [2.45, 2.75) is 25.9 Å². The molecule has 1 saturated heterocycles. The number of carbonyl (C=O) groups excluding carboxylic acids is 1. The minimum Gasteiger partial charge on any atom is -0.394 e. The van der Waals surface area contributed by atoms with Gasteiger partial charge in [-0.1, -0.05) is 29.8 Å². The van der Waals surface area contributed by atoms with Crippen LogP contribution in [0.25, 0.3) is 0 Å². The van der Waals surface area contributed by atoms with Crippen molar-refractivity contribution in [3.63, 3.8) is 0 Å². The Morgan fingerprint density at radius 3 is 2.55 bits per heavy atom. The predicted molar refractivity (Wildman–Crippen MR) is 78.0 cm³/mol. The molecule has 0 atom stereocenters. The van der Waals surface area contributed by atoms with Crippen LogP contribution >= 0.6 is 0 Å². The number of aliphatic hydroxyl groups is 1. The molecule has 0 saturated carbocycles. The van der Waals surface area contributed by atoms with Crippen molar-refractivity contribution in [3.05, 3.63) is 35.4 Å². The van der Waals surface area contributed by atoms with Gasteiger partial charge in [-0.25, -0.2) is 0 Å². The van der Waals surface area contributed by atoms with Gasteiger partial charge in [0.15, 0.2) is 5.78 Å². The summed E-state index contributed by atoms with van der Waals surface area (Å²) in [6.07, 6.45) is 2.09. The van der Waals surface area contributed by atoms with E-state index in [0.29, 0.717) is 13.2 Å². The van der Waals surface area contributed by atoms with Gasteiger partial charge in [0.2, 0.25) is 0 Å². The summed E-state index contributed by atoms with van der Waals surface area (Å²) in [4.78, 5) is 14.4. The number of Topliss-reactive ketones (excluding diaryl/α,β-unsaturated/α-hetero) is 1. The Balaban J connectivity index is 1.77. The molecule has 0 spiro atoms. The molecule has 0 unspecified atom stereocenters. The number of carbonyl (C=O) groups is 1. The summed E-state index contributed by atoms with van der Waals surface area (Å²) >= 11 is 0. The fourth-order valence-corrected chi connectivity index (χ4v) is 2.49. The zero-order valence-electron chi connectivity index (χ0n) is 12.0. The molecule has 110 valence electrons. The number of nitrogens with zero attached hydrogens (tertiary/aromatic N) is 1. The number of ether oxygens (including phenoxy) is 1. The molecule has 1 aromatic carbocycles. The highest BCUT2D eigenvalue weighted by molar-refractivity contribution is 5.97. The van der Waals surface area contributed by atoms with E-state index in [1.807, 2.05) is 31.2 Å². The van der Waals surface area contributed by atoms with Crippen molar-refractivity contribution in [1.29, 1.82) is 0 Å². The van der Waals surface area contributed by atoms with E-state index < -0.39 is 0 Å². The van der Waals surface area contributed by atoms with Crippen LogP contribution in [0.5, 0.6) is 0 Å². The molecule has 4 nitrogen and oxygen atoms in total. The van der Waals surface area contributed by atoms with Gasteiger partial charge in [0.25, 0.3) is 0 Å². The normalized spacial score (nSPS) is 17.3. The van der Waals surface area contributed by atoms with Gasteiger partial charge in [0.05, 0.1) is 25.9 Å². The number of rotatable bonds is 6. The zero-order chi connectivity index (χ0) is 14.4. The molecule has 0 aromatic heterocycles. The van der Waals surface area contributed by atoms with Crippen molar-refractivity contribution in [3.8, 4) is 0 Å². The summed E-state index contributed by atoms with van der Waals surface area (Å²) < 4.78 is 5.52. The van der Waals surface area contributed by atoms with Crippen LogP contribution in [0.3, 0.4) is 0 Å². The van der Waals surface area contributed by atoms with Crippen molar-refractivity contribution >= 4 is 5.78 Å². The Labute approximate surface area is 120 Å². The third-order valence-electron chi connectivity index (χ3n) is 3.72. The standard InChI is InChI=1S/C16H23NO3/c1-13-2-4-14(5-3-13)16(19)12-17-8-6-15(7-9-17)20-11-10-18/h2-5,15,18H,6-12H2,1H3. The zero-order valence-corrected chi connectivity index (χ0v) is 12.0. The second-order valence-electron chi connectivity index (χ2n) is 5.36. The van der Waals surface area contributed by atoms with Gasteiger partial charge < -0.3 is 9.84 Å². The van der Waals surface area contributed by atoms with Crippen LogP contribution in [0.2, 0.25) is 0 Å². The van der Waals surface area contributed by atoms with E-state index in [0.717, 1.165) is 31.5 Å². The highest BCUT2D eigenvalue weighted by Crippen LogP contribution is 2.14. The minimum atomic E-state index is 0.0755. The maximum atomic E-state index is 12.2. The van der Waals surface area contributed by atoms with Crippen LogP contribution in [-0.2, 0) is 4.74 Å². The molecule has 1 aliphatic rings. The Hall–Kier alpha value is -1.23. The molecular formula is C16H23NO3. The van der Waals surface area contributed by atoms with Gasteiger partial charge in [0.1, 0.15) is 0 Å². The first-order valence-corrected chi connectivity index (χ1v) is 7.23. The molecule has 2 rings (SSSR count). The van der Waals surface area contributed by atoms with E-state index in [1.54, 1.807) is 0 Å². The first kappa shape index (κ1) is 15.2. The van der Waals surface area contributed by atoms with E-state index in [-0.39, 0.29) is 18.5 Å². The second kappa shape index (κ2) is 7.53. The van der Waals surface area contributed by atoms with Gasteiger partial charge >= 0.3 is 0 Å². The lowest BCUT2D eigenvalue weighted by atomic mass is 10.1. The molecule has 0 aliphatic carbocycles. The van der Waals surface area contributed by atoms with E-state index in [2.05, 4.69) is 4.90 Å². The van der Waals surface area contributed by atoms with E-state index in [1.165, 1.54) is 5.56 Å². The Morgan fingerprint density at radius 2 is 1.95 bits per heavy atom. The van der Waals surface area contributed by atoms with Gasteiger partial charge in [-0.2, -0.15) is 0 Å². The molecule has 1 aromatic rings. The molecule has 0 radical (unpaired) electrons. The highest BCUT2D eigenvalue weighted by Gasteiger charge is 2.21. The summed E-state index contributed by atoms with van der Waals surface area (Å²) in [6, 6.07) is 7.74. The van der Waals surface area contributed by atoms with Crippen molar-refractivity contribution in [1.82, 2.24) is 4.90 Å². The summed E-state index contributed by atoms with van der Waals surface area (Å²) in [5.74, 6) is 0.180. The average molecular weight is 277 g/mol. The first-order chi connectivity index (χ1) is 9.69. The second-order valence-corrected chi connectivity index (χ2v) is 5.36.